The quantitative estimate of drug-likeness (QED) is 0.855. The molecule has 0 saturated carbocycles. The topological polar surface area (TPSA) is 38.8 Å². The van der Waals surface area contributed by atoms with Crippen LogP contribution in [0.15, 0.2) is 11.4 Å². The molecule has 0 bridgehead atoms. The molecule has 0 N–H and O–H groups in total. The molecule has 0 unspecified atom stereocenters. The van der Waals surface area contributed by atoms with Crippen LogP contribution in [-0.4, -0.2) is 43.3 Å². The Hall–Kier alpha value is -0.910. The van der Waals surface area contributed by atoms with Crippen LogP contribution in [0.3, 0.4) is 0 Å². The van der Waals surface area contributed by atoms with E-state index in [1.54, 1.807) is 11.3 Å². The number of carbonyl (C=O) groups excluding carboxylic acids is 1. The van der Waals surface area contributed by atoms with Crippen LogP contribution >= 0.6 is 11.3 Å². The van der Waals surface area contributed by atoms with Gasteiger partial charge < -0.3 is 14.4 Å². The predicted molar refractivity (Wildman–Crippen MR) is 77.9 cm³/mol. The molecule has 3 rings (SSSR count). The molecule has 1 saturated heterocycles. The summed E-state index contributed by atoms with van der Waals surface area (Å²) in [5.41, 5.74) is 1.31. The van der Waals surface area contributed by atoms with Gasteiger partial charge in [0.2, 0.25) is 5.91 Å². The van der Waals surface area contributed by atoms with Crippen molar-refractivity contribution in [2.45, 2.75) is 38.3 Å². The number of ether oxygens (including phenoxy) is 2. The summed E-state index contributed by atoms with van der Waals surface area (Å²) in [5, 5.41) is 2.12. The van der Waals surface area contributed by atoms with Crippen LogP contribution in [0.1, 0.15) is 29.7 Å². The lowest BCUT2D eigenvalue weighted by atomic mass is 10.2. The van der Waals surface area contributed by atoms with Gasteiger partial charge in [-0.25, -0.2) is 0 Å². The normalized spacial score (nSPS) is 22.6. The van der Waals surface area contributed by atoms with Gasteiger partial charge in [0, 0.05) is 24.6 Å². The third kappa shape index (κ3) is 3.40. The number of amides is 1. The first kappa shape index (κ1) is 14.0. The zero-order valence-corrected chi connectivity index (χ0v) is 12.5. The van der Waals surface area contributed by atoms with E-state index < -0.39 is 0 Å². The fourth-order valence-corrected chi connectivity index (χ4v) is 3.74. The first-order valence-electron chi connectivity index (χ1n) is 7.35. The molecule has 0 radical (unpaired) electrons. The molecule has 1 aromatic heterocycles. The standard InChI is InChI=1S/C15H21NO3S/c17-15(11-18-10-13-3-2-7-19-13)16-6-1-4-14-12(9-16)5-8-20-14/h5,8,13H,1-4,6-7,9-11H2/t13-/m1/s1. The van der Waals surface area contributed by atoms with E-state index >= 15 is 0 Å². The Balaban J connectivity index is 1.47. The fourth-order valence-electron chi connectivity index (χ4n) is 2.80. The van der Waals surface area contributed by atoms with Crippen molar-refractivity contribution in [3.05, 3.63) is 21.9 Å². The molecule has 5 heteroatoms. The minimum Gasteiger partial charge on any atom is -0.376 e. The van der Waals surface area contributed by atoms with Gasteiger partial charge in [-0.05, 0) is 42.7 Å². The summed E-state index contributed by atoms with van der Waals surface area (Å²) in [7, 11) is 0. The molecule has 2 aliphatic heterocycles. The van der Waals surface area contributed by atoms with E-state index in [0.29, 0.717) is 6.61 Å². The van der Waals surface area contributed by atoms with Crippen molar-refractivity contribution >= 4 is 17.2 Å². The third-order valence-corrected chi connectivity index (χ3v) is 4.96. The van der Waals surface area contributed by atoms with Crippen LogP contribution in [0.25, 0.3) is 0 Å². The van der Waals surface area contributed by atoms with E-state index in [4.69, 9.17) is 9.47 Å². The molecule has 4 nitrogen and oxygen atoms in total. The molecule has 1 amide bonds. The fraction of sp³-hybridized carbons (Fsp3) is 0.667. The Bertz CT molecular complexity index is 454. The highest BCUT2D eigenvalue weighted by Gasteiger charge is 2.21. The highest BCUT2D eigenvalue weighted by molar-refractivity contribution is 7.10. The van der Waals surface area contributed by atoms with E-state index in [1.165, 1.54) is 10.4 Å². The largest absolute Gasteiger partial charge is 0.376 e. The smallest absolute Gasteiger partial charge is 0.248 e. The van der Waals surface area contributed by atoms with Crippen molar-refractivity contribution in [1.29, 1.82) is 0 Å². The minimum atomic E-state index is 0.0991. The number of hydrogen-bond donors (Lipinski definition) is 0. The van der Waals surface area contributed by atoms with Gasteiger partial charge in [-0.15, -0.1) is 11.3 Å². The van der Waals surface area contributed by atoms with Crippen molar-refractivity contribution in [3.8, 4) is 0 Å². The van der Waals surface area contributed by atoms with Crippen LogP contribution in [0.4, 0.5) is 0 Å². The Kier molecular flexibility index (Phi) is 4.70. The average molecular weight is 295 g/mol. The first-order chi connectivity index (χ1) is 9.83. The number of fused-ring (bicyclic) bond motifs is 1. The van der Waals surface area contributed by atoms with Gasteiger partial charge in [-0.2, -0.15) is 0 Å². The Morgan fingerprint density at radius 3 is 3.30 bits per heavy atom. The van der Waals surface area contributed by atoms with Crippen molar-refractivity contribution in [2.24, 2.45) is 0 Å². The van der Waals surface area contributed by atoms with Crippen LogP contribution in [0.5, 0.6) is 0 Å². The maximum absolute atomic E-state index is 12.2. The number of rotatable bonds is 4. The summed E-state index contributed by atoms with van der Waals surface area (Å²) < 4.78 is 11.0. The summed E-state index contributed by atoms with van der Waals surface area (Å²) >= 11 is 1.80. The van der Waals surface area contributed by atoms with E-state index in [9.17, 15) is 4.79 Å². The highest BCUT2D eigenvalue weighted by atomic mass is 32.1. The lowest BCUT2D eigenvalue weighted by Gasteiger charge is -2.21. The van der Waals surface area contributed by atoms with Crippen LogP contribution in [0.2, 0.25) is 0 Å². The van der Waals surface area contributed by atoms with Crippen LogP contribution in [0, 0.1) is 0 Å². The van der Waals surface area contributed by atoms with Crippen LogP contribution in [-0.2, 0) is 27.2 Å². The zero-order valence-electron chi connectivity index (χ0n) is 11.7. The summed E-state index contributed by atoms with van der Waals surface area (Å²) in [5.74, 6) is 0.0991. The summed E-state index contributed by atoms with van der Waals surface area (Å²) in [6.45, 7) is 3.13. The SMILES string of the molecule is O=C(COC[C@H]1CCCO1)N1CCCc2sccc2C1. The average Bonchev–Trinajstić information content (AvgIpc) is 3.07. The van der Waals surface area contributed by atoms with Gasteiger partial charge in [0.05, 0.1) is 12.7 Å². The van der Waals surface area contributed by atoms with Crippen LogP contribution < -0.4 is 0 Å². The maximum Gasteiger partial charge on any atom is 0.248 e. The number of aryl methyl sites for hydroxylation is 1. The molecule has 0 aliphatic carbocycles. The third-order valence-electron chi connectivity index (χ3n) is 3.94. The van der Waals surface area contributed by atoms with Gasteiger partial charge in [0.1, 0.15) is 6.61 Å². The number of nitrogens with zero attached hydrogens (tertiary/aromatic N) is 1. The lowest BCUT2D eigenvalue weighted by molar-refractivity contribution is -0.137. The highest BCUT2D eigenvalue weighted by Crippen LogP contribution is 2.23. The molecule has 1 atom stereocenters. The van der Waals surface area contributed by atoms with E-state index in [0.717, 1.165) is 45.4 Å². The number of thiophene rings is 1. The molecule has 0 spiro atoms. The minimum absolute atomic E-state index is 0.0991. The second-order valence-electron chi connectivity index (χ2n) is 5.44. The number of carbonyl (C=O) groups is 1. The van der Waals surface area contributed by atoms with Gasteiger partial charge in [0.15, 0.2) is 0 Å². The van der Waals surface area contributed by atoms with Crippen molar-refractivity contribution in [2.75, 3.05) is 26.4 Å². The lowest BCUT2D eigenvalue weighted by Crippen LogP contribution is -2.34. The molecule has 1 aromatic rings. The van der Waals surface area contributed by atoms with E-state index in [1.807, 2.05) is 4.90 Å². The predicted octanol–water partition coefficient (Wildman–Crippen LogP) is 2.22. The van der Waals surface area contributed by atoms with Gasteiger partial charge in [0.25, 0.3) is 0 Å². The molecule has 2 aliphatic rings. The molecule has 3 heterocycles. The number of hydrogen-bond acceptors (Lipinski definition) is 4. The van der Waals surface area contributed by atoms with E-state index in [2.05, 4.69) is 11.4 Å². The molecular weight excluding hydrogens is 274 g/mol. The molecule has 110 valence electrons. The van der Waals surface area contributed by atoms with Gasteiger partial charge >= 0.3 is 0 Å². The Labute approximate surface area is 123 Å². The summed E-state index contributed by atoms with van der Waals surface area (Å²) in [6, 6.07) is 2.14. The Morgan fingerprint density at radius 1 is 1.50 bits per heavy atom. The Morgan fingerprint density at radius 2 is 2.45 bits per heavy atom. The zero-order chi connectivity index (χ0) is 13.8. The second kappa shape index (κ2) is 6.70. The molecule has 1 fully saturated rings. The molecular formula is C15H21NO3S. The first-order valence-corrected chi connectivity index (χ1v) is 8.23. The summed E-state index contributed by atoms with van der Waals surface area (Å²) in [4.78, 5) is 15.6. The summed E-state index contributed by atoms with van der Waals surface area (Å²) in [6.07, 6.45) is 4.49. The van der Waals surface area contributed by atoms with Crippen molar-refractivity contribution < 1.29 is 14.3 Å². The second-order valence-corrected chi connectivity index (χ2v) is 6.44. The van der Waals surface area contributed by atoms with Gasteiger partial charge in [-0.1, -0.05) is 0 Å². The van der Waals surface area contributed by atoms with Crippen molar-refractivity contribution in [3.63, 3.8) is 0 Å². The molecule has 0 aromatic carbocycles. The van der Waals surface area contributed by atoms with Crippen molar-refractivity contribution in [1.82, 2.24) is 4.90 Å². The van der Waals surface area contributed by atoms with E-state index in [-0.39, 0.29) is 18.6 Å². The maximum atomic E-state index is 12.2. The monoisotopic (exact) mass is 295 g/mol. The van der Waals surface area contributed by atoms with Gasteiger partial charge in [-0.3, -0.25) is 4.79 Å². The molecule has 20 heavy (non-hydrogen) atoms.